The molecular weight excluding hydrogens is 330 g/mol. The molecule has 6 nitrogen and oxygen atoms in total. The van der Waals surface area contributed by atoms with E-state index in [1.807, 2.05) is 0 Å². The fourth-order valence-electron chi connectivity index (χ4n) is 2.27. The average Bonchev–Trinajstić information content (AvgIpc) is 2.77. The minimum Gasteiger partial charge on any atom is -0.444 e. The molecule has 0 atom stereocenters. The van der Waals surface area contributed by atoms with Crippen LogP contribution in [0.15, 0.2) is 18.3 Å². The number of rotatable bonds is 3. The summed E-state index contributed by atoms with van der Waals surface area (Å²) >= 11 is 0. The Labute approximate surface area is 145 Å². The van der Waals surface area contributed by atoms with Gasteiger partial charge < -0.3 is 9.64 Å². The maximum absolute atomic E-state index is 14.4. The Bertz CT molecular complexity index is 795. The van der Waals surface area contributed by atoms with E-state index in [9.17, 15) is 13.6 Å². The van der Waals surface area contributed by atoms with Gasteiger partial charge in [0, 0.05) is 20.2 Å². The molecule has 1 amide bonds. The van der Waals surface area contributed by atoms with Gasteiger partial charge in [0.2, 0.25) is 0 Å². The number of hydrogen-bond acceptors (Lipinski definition) is 4. The van der Waals surface area contributed by atoms with Crippen molar-refractivity contribution in [3.63, 3.8) is 0 Å². The molecule has 1 N–H and O–H groups in total. The highest BCUT2D eigenvalue weighted by Crippen LogP contribution is 2.30. The Hall–Kier alpha value is -2.64. The number of amides is 1. The van der Waals surface area contributed by atoms with E-state index in [0.717, 1.165) is 6.07 Å². The SMILES string of the molecule is Cc1c(NC(=O)OC(C)(C)C)cnn1-c1c(F)cc(F)cc1N(C)C. The van der Waals surface area contributed by atoms with Crippen LogP contribution in [0.3, 0.4) is 0 Å². The summed E-state index contributed by atoms with van der Waals surface area (Å²) in [7, 11) is 3.35. The summed E-state index contributed by atoms with van der Waals surface area (Å²) in [6.07, 6.45) is 0.754. The van der Waals surface area contributed by atoms with E-state index in [0.29, 0.717) is 17.1 Å². The van der Waals surface area contributed by atoms with E-state index in [-0.39, 0.29) is 5.69 Å². The molecular formula is C17H22F2N4O2. The highest BCUT2D eigenvalue weighted by atomic mass is 19.1. The summed E-state index contributed by atoms with van der Waals surface area (Å²) in [5.41, 5.74) is 0.644. The van der Waals surface area contributed by atoms with Crippen LogP contribution >= 0.6 is 0 Å². The zero-order valence-electron chi connectivity index (χ0n) is 15.1. The van der Waals surface area contributed by atoms with Gasteiger partial charge in [0.25, 0.3) is 0 Å². The van der Waals surface area contributed by atoms with E-state index in [2.05, 4.69) is 10.4 Å². The first kappa shape index (κ1) is 18.7. The molecule has 1 aromatic carbocycles. The Morgan fingerprint density at radius 1 is 1.28 bits per heavy atom. The molecule has 1 aromatic heterocycles. The third kappa shape index (κ3) is 4.26. The maximum Gasteiger partial charge on any atom is 0.412 e. The van der Waals surface area contributed by atoms with Crippen LogP contribution in [-0.2, 0) is 4.74 Å². The van der Waals surface area contributed by atoms with Gasteiger partial charge in [0.15, 0.2) is 5.82 Å². The molecule has 0 saturated carbocycles. The Morgan fingerprint density at radius 3 is 2.48 bits per heavy atom. The van der Waals surface area contributed by atoms with Crippen molar-refractivity contribution in [2.45, 2.75) is 33.3 Å². The van der Waals surface area contributed by atoms with Gasteiger partial charge in [0.1, 0.15) is 17.1 Å². The fraction of sp³-hybridized carbons (Fsp3) is 0.412. The molecule has 25 heavy (non-hydrogen) atoms. The van der Waals surface area contributed by atoms with Crippen LogP contribution in [0.1, 0.15) is 26.5 Å². The smallest absolute Gasteiger partial charge is 0.412 e. The minimum atomic E-state index is -0.751. The second-order valence-corrected chi connectivity index (χ2v) is 6.83. The first-order valence-electron chi connectivity index (χ1n) is 7.71. The van der Waals surface area contributed by atoms with Crippen molar-refractivity contribution in [2.24, 2.45) is 0 Å². The molecule has 1 heterocycles. The lowest BCUT2D eigenvalue weighted by Gasteiger charge is -2.20. The number of benzene rings is 1. The van der Waals surface area contributed by atoms with Crippen molar-refractivity contribution in [1.29, 1.82) is 0 Å². The molecule has 0 saturated heterocycles. The number of halogens is 2. The second kappa shape index (κ2) is 6.70. The van der Waals surface area contributed by atoms with Crippen LogP contribution in [0.2, 0.25) is 0 Å². The van der Waals surface area contributed by atoms with Gasteiger partial charge in [-0.15, -0.1) is 0 Å². The predicted octanol–water partition coefficient (Wildman–Crippen LogP) is 3.87. The Kier molecular flexibility index (Phi) is 5.01. The summed E-state index contributed by atoms with van der Waals surface area (Å²) in [6.45, 7) is 6.92. The van der Waals surface area contributed by atoms with Crippen LogP contribution < -0.4 is 10.2 Å². The molecule has 2 rings (SSSR count). The zero-order chi connectivity index (χ0) is 18.9. The monoisotopic (exact) mass is 352 g/mol. The molecule has 0 aliphatic heterocycles. The van der Waals surface area contributed by atoms with Gasteiger partial charge >= 0.3 is 6.09 Å². The molecule has 0 aliphatic rings. The lowest BCUT2D eigenvalue weighted by atomic mass is 10.2. The molecule has 0 bridgehead atoms. The largest absolute Gasteiger partial charge is 0.444 e. The summed E-state index contributed by atoms with van der Waals surface area (Å²) in [5.74, 6) is -1.43. The standard InChI is InChI=1S/C17H22F2N4O2/c1-10-13(21-16(24)25-17(2,3)4)9-20-23(10)15-12(19)7-11(18)8-14(15)22(5)6/h7-9H,1-6H3,(H,21,24). The third-order valence-electron chi connectivity index (χ3n) is 3.35. The molecule has 0 unspecified atom stereocenters. The number of anilines is 2. The van der Waals surface area contributed by atoms with Gasteiger partial charge in [-0.3, -0.25) is 5.32 Å². The summed E-state index contributed by atoms with van der Waals surface area (Å²) in [4.78, 5) is 13.5. The van der Waals surface area contributed by atoms with Crippen molar-refractivity contribution in [3.05, 3.63) is 35.7 Å². The van der Waals surface area contributed by atoms with Crippen molar-refractivity contribution in [1.82, 2.24) is 9.78 Å². The second-order valence-electron chi connectivity index (χ2n) is 6.83. The van der Waals surface area contributed by atoms with E-state index in [4.69, 9.17) is 4.74 Å². The van der Waals surface area contributed by atoms with E-state index in [1.165, 1.54) is 16.9 Å². The topological polar surface area (TPSA) is 59.4 Å². The van der Waals surface area contributed by atoms with Gasteiger partial charge in [-0.25, -0.2) is 18.3 Å². The van der Waals surface area contributed by atoms with Crippen molar-refractivity contribution < 1.29 is 18.3 Å². The molecule has 8 heteroatoms. The highest BCUT2D eigenvalue weighted by Gasteiger charge is 2.21. The number of hydrogen-bond donors (Lipinski definition) is 1. The number of aromatic nitrogens is 2. The number of ether oxygens (including phenoxy) is 1. The van der Waals surface area contributed by atoms with Gasteiger partial charge in [-0.2, -0.15) is 5.10 Å². The lowest BCUT2D eigenvalue weighted by molar-refractivity contribution is 0.0636. The molecule has 0 radical (unpaired) electrons. The molecule has 0 aliphatic carbocycles. The Balaban J connectivity index is 2.41. The van der Waals surface area contributed by atoms with Crippen LogP contribution in [-0.4, -0.2) is 35.6 Å². The van der Waals surface area contributed by atoms with E-state index < -0.39 is 23.3 Å². The highest BCUT2D eigenvalue weighted by molar-refractivity contribution is 5.85. The number of carbonyl (C=O) groups excluding carboxylic acids is 1. The van der Waals surface area contributed by atoms with Crippen LogP contribution in [0.25, 0.3) is 5.69 Å². The Morgan fingerprint density at radius 2 is 1.92 bits per heavy atom. The van der Waals surface area contributed by atoms with Crippen LogP contribution in [0.5, 0.6) is 0 Å². The summed E-state index contributed by atoms with van der Waals surface area (Å²) in [6, 6.07) is 2.02. The third-order valence-corrected chi connectivity index (χ3v) is 3.35. The lowest BCUT2D eigenvalue weighted by Crippen LogP contribution is -2.27. The van der Waals surface area contributed by atoms with Crippen LogP contribution in [0, 0.1) is 18.6 Å². The fourth-order valence-corrected chi connectivity index (χ4v) is 2.27. The first-order chi connectivity index (χ1) is 11.5. The van der Waals surface area contributed by atoms with Gasteiger partial charge in [0.05, 0.1) is 23.3 Å². The zero-order valence-corrected chi connectivity index (χ0v) is 15.1. The van der Waals surface area contributed by atoms with Gasteiger partial charge in [-0.05, 0) is 33.8 Å². The number of nitrogens with one attached hydrogen (secondary N) is 1. The summed E-state index contributed by atoms with van der Waals surface area (Å²) < 4.78 is 34.5. The normalized spacial score (nSPS) is 11.4. The first-order valence-corrected chi connectivity index (χ1v) is 7.71. The molecule has 0 fully saturated rings. The van der Waals surface area contributed by atoms with Gasteiger partial charge in [-0.1, -0.05) is 0 Å². The molecule has 2 aromatic rings. The van der Waals surface area contributed by atoms with E-state index in [1.54, 1.807) is 46.7 Å². The summed E-state index contributed by atoms with van der Waals surface area (Å²) in [5, 5.41) is 6.71. The molecule has 0 spiro atoms. The van der Waals surface area contributed by atoms with Crippen molar-refractivity contribution >= 4 is 17.5 Å². The molecule has 136 valence electrons. The predicted molar refractivity (Wildman–Crippen MR) is 92.4 cm³/mol. The average molecular weight is 352 g/mol. The van der Waals surface area contributed by atoms with Crippen molar-refractivity contribution in [2.75, 3.05) is 24.3 Å². The number of nitrogens with zero attached hydrogens (tertiary/aromatic N) is 3. The number of carbonyl (C=O) groups is 1. The van der Waals surface area contributed by atoms with Crippen LogP contribution in [0.4, 0.5) is 25.0 Å². The van der Waals surface area contributed by atoms with Crippen molar-refractivity contribution in [3.8, 4) is 5.69 Å². The van der Waals surface area contributed by atoms with E-state index >= 15 is 0 Å². The quantitative estimate of drug-likeness (QED) is 0.911. The minimum absolute atomic E-state index is 0.0983. The maximum atomic E-state index is 14.4.